The largest absolute Gasteiger partial charge is 0.393 e. The first-order chi connectivity index (χ1) is 15.1. The minimum Gasteiger partial charge on any atom is -0.393 e. The van der Waals surface area contributed by atoms with Crippen LogP contribution in [0, 0.1) is 11.8 Å². The highest BCUT2D eigenvalue weighted by Gasteiger charge is 2.33. The first kappa shape index (κ1) is 28.1. The lowest BCUT2D eigenvalue weighted by Crippen LogP contribution is -2.33. The highest BCUT2D eigenvalue weighted by atomic mass is 16.6. The number of carbonyl (C=O) groups is 2. The molecule has 0 amide bonds. The Balaban J connectivity index is 2.11. The fourth-order valence-corrected chi connectivity index (χ4v) is 4.78. The van der Waals surface area contributed by atoms with Crippen molar-refractivity contribution in [3.05, 3.63) is 0 Å². The summed E-state index contributed by atoms with van der Waals surface area (Å²) in [7, 11) is 0. The predicted octanol–water partition coefficient (Wildman–Crippen LogP) is 6.09. The standard InChI is InChI=1S/C26H48O5/c1-2-3-4-5-6-7-8-9-10-11-12-13-14-15-20-23(22-18-16-17-19-22)25(29)31-26(30)24(28)21-27/h22-24,27-28H,2-21H2,1H3. The van der Waals surface area contributed by atoms with Gasteiger partial charge in [0.1, 0.15) is 0 Å². The van der Waals surface area contributed by atoms with Gasteiger partial charge in [-0.25, -0.2) is 4.79 Å². The molecule has 0 saturated heterocycles. The molecule has 0 spiro atoms. The quantitative estimate of drug-likeness (QED) is 0.144. The molecule has 0 aromatic carbocycles. The third kappa shape index (κ3) is 13.3. The molecular formula is C26H48O5. The van der Waals surface area contributed by atoms with Crippen molar-refractivity contribution in [3.63, 3.8) is 0 Å². The molecule has 2 N–H and O–H groups in total. The van der Waals surface area contributed by atoms with Gasteiger partial charge in [0.25, 0.3) is 0 Å². The fraction of sp³-hybridized carbons (Fsp3) is 0.923. The molecule has 1 aliphatic rings. The normalized spacial score (nSPS) is 16.4. The lowest BCUT2D eigenvalue weighted by molar-refractivity contribution is -0.171. The summed E-state index contributed by atoms with van der Waals surface area (Å²) in [5.41, 5.74) is 0. The Labute approximate surface area is 190 Å². The second kappa shape index (κ2) is 18.6. The zero-order chi connectivity index (χ0) is 22.7. The van der Waals surface area contributed by atoms with E-state index in [1.807, 2.05) is 0 Å². The van der Waals surface area contributed by atoms with Crippen molar-refractivity contribution >= 4 is 11.9 Å². The summed E-state index contributed by atoms with van der Waals surface area (Å²) in [6.45, 7) is 1.54. The number of hydrogen-bond acceptors (Lipinski definition) is 5. The molecule has 1 fully saturated rings. The fourth-order valence-electron chi connectivity index (χ4n) is 4.78. The number of ether oxygens (including phenoxy) is 1. The Morgan fingerprint density at radius 2 is 1.23 bits per heavy atom. The third-order valence-electron chi connectivity index (χ3n) is 6.79. The van der Waals surface area contributed by atoms with Gasteiger partial charge in [-0.1, -0.05) is 110 Å². The molecule has 31 heavy (non-hydrogen) atoms. The van der Waals surface area contributed by atoms with Crippen molar-refractivity contribution < 1.29 is 24.5 Å². The van der Waals surface area contributed by atoms with Gasteiger partial charge in [0, 0.05) is 0 Å². The van der Waals surface area contributed by atoms with Crippen LogP contribution in [0.5, 0.6) is 0 Å². The van der Waals surface area contributed by atoms with Gasteiger partial charge < -0.3 is 14.9 Å². The number of unbranched alkanes of at least 4 members (excludes halogenated alkanes) is 13. The van der Waals surface area contributed by atoms with Gasteiger partial charge in [0.05, 0.1) is 12.5 Å². The number of esters is 2. The molecule has 0 heterocycles. The Bertz CT molecular complexity index is 459. The molecular weight excluding hydrogens is 392 g/mol. The van der Waals surface area contributed by atoms with E-state index in [2.05, 4.69) is 6.92 Å². The number of rotatable bonds is 19. The second-order valence-electron chi connectivity index (χ2n) is 9.47. The summed E-state index contributed by atoms with van der Waals surface area (Å²) in [6.07, 6.45) is 21.6. The van der Waals surface area contributed by atoms with E-state index in [0.29, 0.717) is 0 Å². The van der Waals surface area contributed by atoms with E-state index in [9.17, 15) is 14.7 Å². The van der Waals surface area contributed by atoms with Crippen LogP contribution in [0.4, 0.5) is 0 Å². The molecule has 2 atom stereocenters. The molecule has 0 aromatic rings. The minimum absolute atomic E-state index is 0.255. The Hall–Kier alpha value is -0.940. The van der Waals surface area contributed by atoms with Crippen molar-refractivity contribution in [2.75, 3.05) is 6.61 Å². The average molecular weight is 441 g/mol. The first-order valence-corrected chi connectivity index (χ1v) is 13.1. The molecule has 0 radical (unpaired) electrons. The molecule has 182 valence electrons. The second-order valence-corrected chi connectivity index (χ2v) is 9.47. The van der Waals surface area contributed by atoms with Crippen molar-refractivity contribution in [2.45, 2.75) is 135 Å². The van der Waals surface area contributed by atoms with Crippen LogP contribution in [0.15, 0.2) is 0 Å². The summed E-state index contributed by atoms with van der Waals surface area (Å²) in [5.74, 6) is -1.52. The smallest absolute Gasteiger partial charge is 0.345 e. The summed E-state index contributed by atoms with van der Waals surface area (Å²) in [4.78, 5) is 24.1. The summed E-state index contributed by atoms with van der Waals surface area (Å²) in [6, 6.07) is 0. The predicted molar refractivity (Wildman–Crippen MR) is 125 cm³/mol. The topological polar surface area (TPSA) is 83.8 Å². The zero-order valence-electron chi connectivity index (χ0n) is 20.0. The minimum atomic E-state index is -1.63. The van der Waals surface area contributed by atoms with E-state index >= 15 is 0 Å². The summed E-state index contributed by atoms with van der Waals surface area (Å²) >= 11 is 0. The van der Waals surface area contributed by atoms with E-state index in [-0.39, 0.29) is 11.8 Å². The van der Waals surface area contributed by atoms with E-state index in [1.165, 1.54) is 77.0 Å². The van der Waals surface area contributed by atoms with Gasteiger partial charge in [-0.3, -0.25) is 4.79 Å². The summed E-state index contributed by atoms with van der Waals surface area (Å²) < 4.78 is 4.86. The number of carbonyl (C=O) groups excluding carboxylic acids is 2. The van der Waals surface area contributed by atoms with E-state index in [4.69, 9.17) is 9.84 Å². The molecule has 2 unspecified atom stereocenters. The van der Waals surface area contributed by atoms with Crippen molar-refractivity contribution in [2.24, 2.45) is 11.8 Å². The van der Waals surface area contributed by atoms with Crippen molar-refractivity contribution in [3.8, 4) is 0 Å². The maximum atomic E-state index is 12.5. The number of aliphatic hydroxyl groups excluding tert-OH is 2. The third-order valence-corrected chi connectivity index (χ3v) is 6.79. The maximum Gasteiger partial charge on any atom is 0.345 e. The molecule has 1 aliphatic carbocycles. The SMILES string of the molecule is CCCCCCCCCCCCCCCCC(C(=O)OC(=O)C(O)CO)C1CCCC1. The maximum absolute atomic E-state index is 12.5. The molecule has 5 nitrogen and oxygen atoms in total. The average Bonchev–Trinajstić information content (AvgIpc) is 3.30. The highest BCUT2D eigenvalue weighted by molar-refractivity contribution is 5.89. The lowest BCUT2D eigenvalue weighted by atomic mass is 9.86. The van der Waals surface area contributed by atoms with Crippen LogP contribution >= 0.6 is 0 Å². The van der Waals surface area contributed by atoms with Crippen LogP contribution < -0.4 is 0 Å². The Kier molecular flexibility index (Phi) is 16.9. The summed E-state index contributed by atoms with van der Waals surface area (Å²) in [5, 5.41) is 18.2. The van der Waals surface area contributed by atoms with Crippen LogP contribution in [0.1, 0.15) is 129 Å². The highest BCUT2D eigenvalue weighted by Crippen LogP contribution is 2.35. The van der Waals surface area contributed by atoms with Crippen LogP contribution in [0.2, 0.25) is 0 Å². The van der Waals surface area contributed by atoms with Gasteiger partial charge in [-0.15, -0.1) is 0 Å². The van der Waals surface area contributed by atoms with Gasteiger partial charge in [-0.05, 0) is 25.2 Å². The van der Waals surface area contributed by atoms with Gasteiger partial charge in [-0.2, -0.15) is 0 Å². The molecule has 0 aromatic heterocycles. The molecule has 5 heteroatoms. The van der Waals surface area contributed by atoms with Crippen molar-refractivity contribution in [1.29, 1.82) is 0 Å². The van der Waals surface area contributed by atoms with Gasteiger partial charge in [0.15, 0.2) is 6.10 Å². The Morgan fingerprint density at radius 3 is 1.68 bits per heavy atom. The van der Waals surface area contributed by atoms with E-state index in [1.54, 1.807) is 0 Å². The lowest BCUT2D eigenvalue weighted by Gasteiger charge is -2.21. The number of hydrogen-bond donors (Lipinski definition) is 2. The first-order valence-electron chi connectivity index (χ1n) is 13.1. The molecule has 1 saturated carbocycles. The number of aliphatic hydroxyl groups is 2. The molecule has 1 rings (SSSR count). The van der Waals surface area contributed by atoms with Gasteiger partial charge in [0.2, 0.25) is 0 Å². The monoisotopic (exact) mass is 440 g/mol. The Morgan fingerprint density at radius 1 is 0.774 bits per heavy atom. The van der Waals surface area contributed by atoms with Crippen LogP contribution in [0.3, 0.4) is 0 Å². The van der Waals surface area contributed by atoms with Crippen LogP contribution in [-0.4, -0.2) is 34.9 Å². The van der Waals surface area contributed by atoms with E-state index < -0.39 is 24.6 Å². The van der Waals surface area contributed by atoms with Crippen LogP contribution in [-0.2, 0) is 14.3 Å². The van der Waals surface area contributed by atoms with Gasteiger partial charge >= 0.3 is 11.9 Å². The zero-order valence-corrected chi connectivity index (χ0v) is 20.0. The molecule has 0 aliphatic heterocycles. The van der Waals surface area contributed by atoms with E-state index in [0.717, 1.165) is 44.9 Å². The van der Waals surface area contributed by atoms with Crippen molar-refractivity contribution in [1.82, 2.24) is 0 Å². The molecule has 0 bridgehead atoms. The van der Waals surface area contributed by atoms with Crippen LogP contribution in [0.25, 0.3) is 0 Å².